The highest BCUT2D eigenvalue weighted by Gasteiger charge is 2.13. The number of nitrogens with one attached hydrogen (secondary N) is 1. The monoisotopic (exact) mass is 588 g/mol. The second kappa shape index (κ2) is 45.6. The van der Waals surface area contributed by atoms with Crippen LogP contribution in [-0.2, 0) is 14.3 Å². The van der Waals surface area contributed by atoms with Gasteiger partial charge in [0, 0.05) is 19.6 Å². The molecule has 0 aromatic carbocycles. The first-order valence-electron chi connectivity index (χ1n) is 9.27. The fourth-order valence-electron chi connectivity index (χ4n) is 1.57. The van der Waals surface area contributed by atoms with Crippen LogP contribution in [0.1, 0.15) is 38.5 Å². The van der Waals surface area contributed by atoms with E-state index in [0.29, 0.717) is 39.0 Å². The van der Waals surface area contributed by atoms with Crippen molar-refractivity contribution < 1.29 is 79.6 Å². The number of hydrogen-bond acceptors (Lipinski definition) is 10. The summed E-state index contributed by atoms with van der Waals surface area (Å²) < 4.78 is 4.78. The number of nitrogens with two attached hydrogens (primary N) is 5. The predicted octanol–water partition coefficient (Wildman–Crippen LogP) is -14.6. The molecule has 2 atom stereocenters. The van der Waals surface area contributed by atoms with Gasteiger partial charge >= 0.3 is 11.9 Å². The molecular weight excluding hydrogens is 549 g/mol. The number of carboxylic acid groups (broad SMARTS) is 1. The van der Waals surface area contributed by atoms with Crippen molar-refractivity contribution in [1.29, 1.82) is 0 Å². The zero-order chi connectivity index (χ0) is 22.2. The van der Waals surface area contributed by atoms with Crippen LogP contribution in [-0.4, -0.2) is 79.1 Å². The quantitative estimate of drug-likeness (QED) is 0.0535. The minimum Gasteiger partial charge on any atom is -1.00 e. The Balaban J connectivity index is -0.0000000491. The van der Waals surface area contributed by atoms with E-state index in [-0.39, 0.29) is 74.3 Å². The number of halogens is 5. The van der Waals surface area contributed by atoms with Crippen LogP contribution in [0.2, 0.25) is 0 Å². The molecule has 12 nitrogen and oxygen atoms in total. The Kier molecular flexibility index (Phi) is 74.7. The number of rotatable bonds is 14. The highest BCUT2D eigenvalue weighted by atomic mass is 35.5. The number of aliphatic carboxylic acids is 1. The van der Waals surface area contributed by atoms with Crippen molar-refractivity contribution in [3.8, 4) is 0 Å². The smallest absolute Gasteiger partial charge is 0.322 e. The van der Waals surface area contributed by atoms with Gasteiger partial charge in [0.25, 0.3) is 0 Å². The number of unbranched alkanes of at least 4 members (excludes halogenated alkanes) is 2. The summed E-state index contributed by atoms with van der Waals surface area (Å²) in [6.07, 6.45) is 4.51. The van der Waals surface area contributed by atoms with Crippen LogP contribution in [0, 0.1) is 0 Å². The van der Waals surface area contributed by atoms with E-state index in [9.17, 15) is 9.59 Å². The lowest BCUT2D eigenvalue weighted by molar-refractivity contribution is -0.145. The molecular formula is C16H41Cl5N6O6-4. The van der Waals surface area contributed by atoms with Gasteiger partial charge in [0.1, 0.15) is 18.7 Å². The first-order chi connectivity index (χ1) is 13.3. The first kappa shape index (κ1) is 54.1. The highest BCUT2D eigenvalue weighted by molar-refractivity contribution is 6.13. The molecule has 0 fully saturated rings. The lowest BCUT2D eigenvalue weighted by atomic mass is 10.1. The molecule has 0 aromatic heterocycles. The van der Waals surface area contributed by atoms with Crippen LogP contribution in [0.5, 0.6) is 0 Å². The number of esters is 1. The second-order valence-corrected chi connectivity index (χ2v) is 5.95. The maximum absolute atomic E-state index is 11.1. The zero-order valence-electron chi connectivity index (χ0n) is 18.5. The van der Waals surface area contributed by atoms with Gasteiger partial charge in [-0.1, -0.05) is 6.42 Å². The van der Waals surface area contributed by atoms with Crippen LogP contribution >= 0.6 is 11.8 Å². The van der Waals surface area contributed by atoms with Crippen LogP contribution < -0.4 is 83.1 Å². The molecule has 0 radical (unpaired) electrons. The van der Waals surface area contributed by atoms with Gasteiger partial charge in [-0.25, -0.2) is 4.84 Å². The van der Waals surface area contributed by atoms with E-state index in [1.165, 1.54) is 0 Å². The predicted molar refractivity (Wildman–Crippen MR) is 114 cm³/mol. The number of carbonyl (C=O) groups excluding carboxylic acids is 1. The highest BCUT2D eigenvalue weighted by Crippen LogP contribution is 2.00. The molecule has 15 N–H and O–H groups in total. The molecule has 0 aliphatic carbocycles. The topological polar surface area (TPSA) is 257 Å². The zero-order valence-corrected chi connectivity index (χ0v) is 22.3. The molecule has 0 amide bonds. The Morgan fingerprint density at radius 2 is 1.30 bits per heavy atom. The molecule has 17 heteroatoms. The van der Waals surface area contributed by atoms with Crippen molar-refractivity contribution in [2.75, 3.05) is 39.4 Å². The minimum atomic E-state index is -0.933. The largest absolute Gasteiger partial charge is 1.00 e. The van der Waals surface area contributed by atoms with Gasteiger partial charge in [-0.15, -0.1) is 0 Å². The minimum absolute atomic E-state index is 0. The molecule has 0 aromatic rings. The van der Waals surface area contributed by atoms with E-state index < -0.39 is 18.1 Å². The number of carbonyl (C=O) groups is 2. The first-order valence-corrected chi connectivity index (χ1v) is 9.65. The average Bonchev–Trinajstić information content (AvgIpc) is 2.69. The van der Waals surface area contributed by atoms with Crippen LogP contribution in [0.3, 0.4) is 0 Å². The van der Waals surface area contributed by atoms with Gasteiger partial charge in [0.15, 0.2) is 0 Å². The lowest BCUT2D eigenvalue weighted by Crippen LogP contribution is -3.00. The molecule has 0 saturated heterocycles. The van der Waals surface area contributed by atoms with E-state index >= 15 is 0 Å². The summed E-state index contributed by atoms with van der Waals surface area (Å²) in [5.74, 6) is -1.31. The van der Waals surface area contributed by atoms with Gasteiger partial charge in [0.05, 0.1) is 6.61 Å². The number of ether oxygens (including phenoxy) is 1. The van der Waals surface area contributed by atoms with Crippen molar-refractivity contribution in [1.82, 2.24) is 4.84 Å². The summed E-state index contributed by atoms with van der Waals surface area (Å²) in [5, 5.41) is 16.1. The SMILES string of the molecule is NCCCC[C@H](N)C(=O)O.NCCO.NCCOC(=O)[C@@H](N)CCCCNCl.O.[Cl-].[Cl-].[Cl-].[Cl-]. The van der Waals surface area contributed by atoms with Crippen molar-refractivity contribution in [2.45, 2.75) is 50.6 Å². The normalized spacial score (nSPS) is 10.2. The van der Waals surface area contributed by atoms with Crippen molar-refractivity contribution >= 4 is 23.7 Å². The number of hydrogen-bond donors (Lipinski definition) is 8. The van der Waals surface area contributed by atoms with Gasteiger partial charge in [-0.2, -0.15) is 0 Å². The van der Waals surface area contributed by atoms with E-state index in [0.717, 1.165) is 25.7 Å². The Labute approximate surface area is 226 Å². The van der Waals surface area contributed by atoms with Crippen molar-refractivity contribution in [3.05, 3.63) is 0 Å². The van der Waals surface area contributed by atoms with Crippen molar-refractivity contribution in [3.63, 3.8) is 0 Å². The fraction of sp³-hybridized carbons (Fsp3) is 0.875. The molecule has 0 aliphatic heterocycles. The number of carboxylic acids is 1. The summed E-state index contributed by atoms with van der Waals surface area (Å²) >= 11 is 5.26. The standard InChI is InChI=1S/C8H18ClN3O2.C6H14N2O2.C2H7NO.4ClH.H2O/c9-12-5-2-1-3-7(11)8(13)14-6-4-10;7-4-2-1-3-5(8)6(9)10;3-1-2-4;;;;;/h7,12H,1-6,10-11H2;5H,1-4,7-8H2,(H,9,10);4H,1-3H2;4*1H;1H2/p-4/t7-;5-;;;;;;/m00....../s1. The molecule has 0 spiro atoms. The summed E-state index contributed by atoms with van der Waals surface area (Å²) in [6.45, 7) is 2.35. The Morgan fingerprint density at radius 1 is 0.848 bits per heavy atom. The third-order valence-corrected chi connectivity index (χ3v) is 3.31. The van der Waals surface area contributed by atoms with Gasteiger partial charge in [0.2, 0.25) is 0 Å². The van der Waals surface area contributed by atoms with E-state index in [1.54, 1.807) is 0 Å². The van der Waals surface area contributed by atoms with E-state index in [4.69, 9.17) is 55.4 Å². The maximum atomic E-state index is 11.1. The van der Waals surface area contributed by atoms with Gasteiger partial charge in [-0.05, 0) is 50.4 Å². The fourth-order valence-corrected chi connectivity index (χ4v) is 1.71. The summed E-state index contributed by atoms with van der Waals surface area (Å²) in [7, 11) is 0. The third-order valence-electron chi connectivity index (χ3n) is 3.12. The molecule has 0 rings (SSSR count). The molecule has 210 valence electrons. The van der Waals surface area contributed by atoms with E-state index in [2.05, 4.69) is 4.84 Å². The average molecular weight is 591 g/mol. The maximum Gasteiger partial charge on any atom is 0.322 e. The van der Waals surface area contributed by atoms with Crippen LogP contribution in [0.4, 0.5) is 0 Å². The van der Waals surface area contributed by atoms with E-state index in [1.807, 2.05) is 0 Å². The third kappa shape index (κ3) is 50.1. The lowest BCUT2D eigenvalue weighted by Gasteiger charge is -2.10. The molecule has 33 heavy (non-hydrogen) atoms. The Morgan fingerprint density at radius 3 is 1.67 bits per heavy atom. The molecule has 0 aliphatic rings. The number of aliphatic hydroxyl groups is 1. The summed E-state index contributed by atoms with van der Waals surface area (Å²) in [5.41, 5.74) is 25.9. The van der Waals surface area contributed by atoms with Crippen molar-refractivity contribution in [2.24, 2.45) is 28.7 Å². The van der Waals surface area contributed by atoms with Gasteiger partial charge in [-0.3, -0.25) is 9.59 Å². The molecule has 0 unspecified atom stereocenters. The van der Waals surface area contributed by atoms with Crippen LogP contribution in [0.15, 0.2) is 0 Å². The Bertz CT molecular complexity index is 370. The molecule has 0 saturated carbocycles. The summed E-state index contributed by atoms with van der Waals surface area (Å²) in [6, 6.07) is -1.26. The Hall–Kier alpha value is 0.0700. The molecule has 0 bridgehead atoms. The number of aliphatic hydroxyl groups excluding tert-OH is 1. The van der Waals surface area contributed by atoms with Gasteiger partial charge < -0.3 is 98.7 Å². The van der Waals surface area contributed by atoms with Crippen LogP contribution in [0.25, 0.3) is 0 Å². The second-order valence-electron chi connectivity index (χ2n) is 5.68. The molecule has 0 heterocycles. The summed E-state index contributed by atoms with van der Waals surface area (Å²) in [4.78, 5) is 23.8.